The van der Waals surface area contributed by atoms with Gasteiger partial charge in [0.25, 0.3) is 0 Å². The molecule has 0 bridgehead atoms. The first kappa shape index (κ1) is 12.6. The molecule has 1 heteroatoms. The number of nitrogens with one attached hydrogen (secondary N) is 1. The third-order valence-electron chi connectivity index (χ3n) is 4.29. The summed E-state index contributed by atoms with van der Waals surface area (Å²) >= 11 is 0. The Bertz CT molecular complexity index is 368. The van der Waals surface area contributed by atoms with Gasteiger partial charge in [-0.3, -0.25) is 0 Å². The molecule has 0 saturated heterocycles. The van der Waals surface area contributed by atoms with Crippen LogP contribution < -0.4 is 5.32 Å². The summed E-state index contributed by atoms with van der Waals surface area (Å²) < 4.78 is 0. The standard InChI is InChI=1S/C16H25N/c1-5-14-9-16(10-14,11-17-4)15-7-12(2)6-13(3)8-15/h6-8,14,17H,5,9-11H2,1-4H3. The Hall–Kier alpha value is -0.820. The van der Waals surface area contributed by atoms with Gasteiger partial charge in [0, 0.05) is 12.0 Å². The average molecular weight is 231 g/mol. The van der Waals surface area contributed by atoms with Crippen LogP contribution >= 0.6 is 0 Å². The van der Waals surface area contributed by atoms with Crippen LogP contribution in [0.4, 0.5) is 0 Å². The molecule has 1 saturated carbocycles. The van der Waals surface area contributed by atoms with Crippen LogP contribution in [0.2, 0.25) is 0 Å². The Morgan fingerprint density at radius 1 is 1.18 bits per heavy atom. The highest BCUT2D eigenvalue weighted by Crippen LogP contribution is 2.49. The number of hydrogen-bond donors (Lipinski definition) is 1. The Labute approximate surface area is 106 Å². The van der Waals surface area contributed by atoms with Crippen LogP contribution in [0.1, 0.15) is 42.9 Å². The van der Waals surface area contributed by atoms with Crippen LogP contribution in [0.25, 0.3) is 0 Å². The molecule has 1 aromatic carbocycles. The SMILES string of the molecule is CCC1CC(CNC)(c2cc(C)cc(C)c2)C1. The van der Waals surface area contributed by atoms with Crippen LogP contribution in [0.3, 0.4) is 0 Å². The van der Waals surface area contributed by atoms with Crippen molar-refractivity contribution in [3.63, 3.8) is 0 Å². The molecule has 0 aliphatic heterocycles. The molecular formula is C16H25N. The zero-order chi connectivity index (χ0) is 12.5. The maximum Gasteiger partial charge on any atom is 0.00831 e. The van der Waals surface area contributed by atoms with E-state index in [-0.39, 0.29) is 0 Å². The summed E-state index contributed by atoms with van der Waals surface area (Å²) in [4.78, 5) is 0. The summed E-state index contributed by atoms with van der Waals surface area (Å²) in [7, 11) is 2.07. The van der Waals surface area contributed by atoms with Crippen molar-refractivity contribution in [1.29, 1.82) is 0 Å². The van der Waals surface area contributed by atoms with Crippen molar-refractivity contribution in [2.24, 2.45) is 5.92 Å². The van der Waals surface area contributed by atoms with Gasteiger partial charge in [0.15, 0.2) is 0 Å². The van der Waals surface area contributed by atoms with Crippen molar-refractivity contribution in [3.05, 3.63) is 34.9 Å². The molecule has 1 fully saturated rings. The van der Waals surface area contributed by atoms with E-state index in [0.29, 0.717) is 5.41 Å². The molecule has 1 aromatic rings. The highest BCUT2D eigenvalue weighted by molar-refractivity contribution is 5.36. The van der Waals surface area contributed by atoms with Gasteiger partial charge in [0.2, 0.25) is 0 Å². The Kier molecular flexibility index (Phi) is 3.58. The second-order valence-electron chi connectivity index (χ2n) is 5.87. The molecule has 1 N–H and O–H groups in total. The van der Waals surface area contributed by atoms with Gasteiger partial charge in [-0.05, 0) is 45.2 Å². The summed E-state index contributed by atoms with van der Waals surface area (Å²) in [5.41, 5.74) is 4.76. The van der Waals surface area contributed by atoms with Gasteiger partial charge in [0.05, 0.1) is 0 Å². The second kappa shape index (κ2) is 4.81. The van der Waals surface area contributed by atoms with Gasteiger partial charge >= 0.3 is 0 Å². The number of hydrogen-bond acceptors (Lipinski definition) is 1. The predicted molar refractivity (Wildman–Crippen MR) is 74.5 cm³/mol. The fraction of sp³-hybridized carbons (Fsp3) is 0.625. The molecule has 0 radical (unpaired) electrons. The lowest BCUT2D eigenvalue weighted by atomic mass is 9.57. The monoisotopic (exact) mass is 231 g/mol. The van der Waals surface area contributed by atoms with Gasteiger partial charge in [-0.15, -0.1) is 0 Å². The average Bonchev–Trinajstić information content (AvgIpc) is 2.21. The zero-order valence-corrected chi connectivity index (χ0v) is 11.6. The molecule has 1 aliphatic carbocycles. The van der Waals surface area contributed by atoms with Gasteiger partial charge < -0.3 is 5.32 Å². The van der Waals surface area contributed by atoms with Crippen LogP contribution in [-0.4, -0.2) is 13.6 Å². The maximum atomic E-state index is 3.39. The van der Waals surface area contributed by atoms with Gasteiger partial charge in [-0.2, -0.15) is 0 Å². The number of rotatable bonds is 4. The normalized spacial score (nSPS) is 27.9. The lowest BCUT2D eigenvalue weighted by molar-refractivity contribution is 0.136. The third-order valence-corrected chi connectivity index (χ3v) is 4.29. The lowest BCUT2D eigenvalue weighted by Crippen LogP contribution is -2.47. The van der Waals surface area contributed by atoms with E-state index in [4.69, 9.17) is 0 Å². The summed E-state index contributed by atoms with van der Waals surface area (Å²) in [5, 5.41) is 3.39. The largest absolute Gasteiger partial charge is 0.319 e. The fourth-order valence-electron chi connectivity index (χ4n) is 3.44. The number of benzene rings is 1. The molecule has 0 amide bonds. The van der Waals surface area contributed by atoms with E-state index >= 15 is 0 Å². The van der Waals surface area contributed by atoms with E-state index in [2.05, 4.69) is 51.3 Å². The Morgan fingerprint density at radius 2 is 1.76 bits per heavy atom. The smallest absolute Gasteiger partial charge is 0.00831 e. The van der Waals surface area contributed by atoms with Crippen LogP contribution in [-0.2, 0) is 5.41 Å². The van der Waals surface area contributed by atoms with E-state index < -0.39 is 0 Å². The quantitative estimate of drug-likeness (QED) is 0.835. The van der Waals surface area contributed by atoms with Gasteiger partial charge in [-0.1, -0.05) is 42.7 Å². The number of likely N-dealkylation sites (N-methyl/N-ethyl adjacent to an activating group) is 1. The maximum absolute atomic E-state index is 3.39. The number of aryl methyl sites for hydroxylation is 2. The van der Waals surface area contributed by atoms with E-state index in [1.54, 1.807) is 5.56 Å². The summed E-state index contributed by atoms with van der Waals surface area (Å²) in [6.07, 6.45) is 4.04. The van der Waals surface area contributed by atoms with E-state index in [9.17, 15) is 0 Å². The topological polar surface area (TPSA) is 12.0 Å². The highest BCUT2D eigenvalue weighted by atomic mass is 14.8. The van der Waals surface area contributed by atoms with Gasteiger partial charge in [-0.25, -0.2) is 0 Å². The van der Waals surface area contributed by atoms with Crippen molar-refractivity contribution in [1.82, 2.24) is 5.32 Å². The minimum Gasteiger partial charge on any atom is -0.319 e. The first-order chi connectivity index (χ1) is 8.09. The molecule has 2 rings (SSSR count). The molecule has 0 heterocycles. The van der Waals surface area contributed by atoms with E-state index in [1.165, 1.54) is 30.4 Å². The van der Waals surface area contributed by atoms with Crippen LogP contribution in [0.15, 0.2) is 18.2 Å². The summed E-state index contributed by atoms with van der Waals surface area (Å²) in [5.74, 6) is 0.934. The van der Waals surface area contributed by atoms with Crippen molar-refractivity contribution in [3.8, 4) is 0 Å². The fourth-order valence-corrected chi connectivity index (χ4v) is 3.44. The van der Waals surface area contributed by atoms with Crippen molar-refractivity contribution in [2.45, 2.75) is 45.4 Å². The van der Waals surface area contributed by atoms with Gasteiger partial charge in [0.1, 0.15) is 0 Å². The zero-order valence-electron chi connectivity index (χ0n) is 11.6. The molecule has 0 aromatic heterocycles. The summed E-state index contributed by atoms with van der Waals surface area (Å²) in [6.45, 7) is 7.85. The first-order valence-corrected chi connectivity index (χ1v) is 6.83. The minimum absolute atomic E-state index is 0.409. The molecular weight excluding hydrogens is 206 g/mol. The van der Waals surface area contributed by atoms with Crippen molar-refractivity contribution >= 4 is 0 Å². The first-order valence-electron chi connectivity index (χ1n) is 6.83. The summed E-state index contributed by atoms with van der Waals surface area (Å²) in [6, 6.07) is 7.04. The molecule has 17 heavy (non-hydrogen) atoms. The third kappa shape index (κ3) is 2.40. The highest BCUT2D eigenvalue weighted by Gasteiger charge is 2.43. The Morgan fingerprint density at radius 3 is 2.24 bits per heavy atom. The van der Waals surface area contributed by atoms with Crippen LogP contribution in [0, 0.1) is 19.8 Å². The predicted octanol–water partition coefficient (Wildman–Crippen LogP) is 3.58. The van der Waals surface area contributed by atoms with Crippen LogP contribution in [0.5, 0.6) is 0 Å². The minimum atomic E-state index is 0.409. The molecule has 0 spiro atoms. The van der Waals surface area contributed by atoms with E-state index in [1.807, 2.05) is 0 Å². The van der Waals surface area contributed by atoms with E-state index in [0.717, 1.165) is 12.5 Å². The van der Waals surface area contributed by atoms with Crippen molar-refractivity contribution in [2.75, 3.05) is 13.6 Å². The molecule has 1 aliphatic rings. The Balaban J connectivity index is 2.27. The molecule has 0 atom stereocenters. The molecule has 94 valence electrons. The molecule has 1 nitrogen and oxygen atoms in total. The van der Waals surface area contributed by atoms with Crippen molar-refractivity contribution < 1.29 is 0 Å². The molecule has 0 unspecified atom stereocenters. The second-order valence-corrected chi connectivity index (χ2v) is 5.87. The lowest BCUT2D eigenvalue weighted by Gasteiger charge is -2.48.